The molecule has 2 aromatic heterocycles. The van der Waals surface area contributed by atoms with E-state index in [9.17, 15) is 8.42 Å². The Hall–Kier alpha value is -1.67. The molecule has 0 radical (unpaired) electrons. The molecule has 2 aliphatic rings. The van der Waals surface area contributed by atoms with Crippen LogP contribution in [-0.4, -0.2) is 36.0 Å². The minimum atomic E-state index is -3.61. The van der Waals surface area contributed by atoms with E-state index in [1.165, 1.54) is 29.5 Å². The molecule has 0 aromatic carbocycles. The lowest BCUT2D eigenvalue weighted by Crippen LogP contribution is -2.38. The van der Waals surface area contributed by atoms with Crippen LogP contribution >= 0.6 is 0 Å². The molecule has 3 heterocycles. The third kappa shape index (κ3) is 3.25. The van der Waals surface area contributed by atoms with Crippen LogP contribution in [0, 0.1) is 5.92 Å². The van der Waals surface area contributed by atoms with Gasteiger partial charge in [-0.15, -0.1) is 10.2 Å². The molecular weight excluding hydrogens is 342 g/mol. The van der Waals surface area contributed by atoms with Crippen molar-refractivity contribution < 1.29 is 17.3 Å². The van der Waals surface area contributed by atoms with Crippen molar-refractivity contribution in [2.24, 2.45) is 5.92 Å². The molecule has 0 bridgehead atoms. The number of furan rings is 1. The van der Waals surface area contributed by atoms with Gasteiger partial charge in [-0.1, -0.05) is 19.8 Å². The van der Waals surface area contributed by atoms with Crippen molar-refractivity contribution >= 4 is 10.0 Å². The summed E-state index contributed by atoms with van der Waals surface area (Å²) >= 11 is 0. The maximum Gasteiger partial charge on any atom is 0.276 e. The highest BCUT2D eigenvalue weighted by atomic mass is 32.2. The number of nitrogens with zero attached hydrogens (tertiary/aromatic N) is 3. The SMILES string of the molecule is CC1CCCN(S(=O)(=O)c2cc(-c3nnc(C4CCCC4)o3)co2)C1. The largest absolute Gasteiger partial charge is 0.451 e. The molecule has 1 saturated carbocycles. The zero-order valence-electron chi connectivity index (χ0n) is 14.3. The monoisotopic (exact) mass is 365 g/mol. The van der Waals surface area contributed by atoms with Crippen molar-refractivity contribution in [1.82, 2.24) is 14.5 Å². The summed E-state index contributed by atoms with van der Waals surface area (Å²) in [6.45, 7) is 3.14. The van der Waals surface area contributed by atoms with E-state index in [1.807, 2.05) is 0 Å². The summed E-state index contributed by atoms with van der Waals surface area (Å²) in [7, 11) is -3.61. The zero-order valence-corrected chi connectivity index (χ0v) is 15.2. The fourth-order valence-corrected chi connectivity index (χ4v) is 5.27. The van der Waals surface area contributed by atoms with E-state index in [4.69, 9.17) is 8.83 Å². The lowest BCUT2D eigenvalue weighted by molar-refractivity contribution is 0.274. The Balaban J connectivity index is 1.55. The van der Waals surface area contributed by atoms with Crippen molar-refractivity contribution in [2.75, 3.05) is 13.1 Å². The molecule has 0 spiro atoms. The Morgan fingerprint density at radius 3 is 2.72 bits per heavy atom. The zero-order chi connectivity index (χ0) is 17.4. The van der Waals surface area contributed by atoms with Gasteiger partial charge in [0.05, 0.1) is 5.56 Å². The fourth-order valence-electron chi connectivity index (χ4n) is 3.74. The van der Waals surface area contributed by atoms with E-state index in [0.29, 0.717) is 42.3 Å². The van der Waals surface area contributed by atoms with E-state index >= 15 is 0 Å². The van der Waals surface area contributed by atoms with Crippen LogP contribution in [0.1, 0.15) is 57.3 Å². The first kappa shape index (κ1) is 16.8. The van der Waals surface area contributed by atoms with Gasteiger partial charge in [0.15, 0.2) is 0 Å². The first-order chi connectivity index (χ1) is 12.0. The van der Waals surface area contributed by atoms with E-state index in [0.717, 1.165) is 25.7 Å². The molecule has 1 unspecified atom stereocenters. The van der Waals surface area contributed by atoms with E-state index in [-0.39, 0.29) is 5.09 Å². The van der Waals surface area contributed by atoms with Crippen LogP contribution in [-0.2, 0) is 10.0 Å². The second-order valence-electron chi connectivity index (χ2n) is 7.19. The number of sulfonamides is 1. The van der Waals surface area contributed by atoms with Crippen LogP contribution < -0.4 is 0 Å². The second kappa shape index (κ2) is 6.57. The normalized spacial score (nSPS) is 23.3. The molecular formula is C17H23N3O4S. The van der Waals surface area contributed by atoms with Crippen molar-refractivity contribution in [1.29, 1.82) is 0 Å². The summed E-state index contributed by atoms with van der Waals surface area (Å²) in [4.78, 5) is 0. The van der Waals surface area contributed by atoms with E-state index in [1.54, 1.807) is 0 Å². The van der Waals surface area contributed by atoms with Crippen LogP contribution in [0.2, 0.25) is 0 Å². The van der Waals surface area contributed by atoms with Gasteiger partial charge >= 0.3 is 0 Å². The topological polar surface area (TPSA) is 89.4 Å². The standard InChI is InChI=1S/C17H23N3O4S/c1-12-5-4-8-20(10-12)25(21,22)15-9-14(11-23-15)17-19-18-16(24-17)13-6-2-3-7-13/h9,11-13H,2-8,10H2,1H3. The van der Waals surface area contributed by atoms with Gasteiger partial charge in [0.2, 0.25) is 11.0 Å². The number of aromatic nitrogens is 2. The first-order valence-electron chi connectivity index (χ1n) is 8.96. The minimum Gasteiger partial charge on any atom is -0.451 e. The van der Waals surface area contributed by atoms with Crippen molar-refractivity contribution in [2.45, 2.75) is 56.5 Å². The molecule has 7 nitrogen and oxygen atoms in total. The summed E-state index contributed by atoms with van der Waals surface area (Å²) in [5.41, 5.74) is 0.514. The Morgan fingerprint density at radius 1 is 1.16 bits per heavy atom. The Morgan fingerprint density at radius 2 is 1.96 bits per heavy atom. The number of piperidine rings is 1. The lowest BCUT2D eigenvalue weighted by atomic mass is 10.0. The predicted molar refractivity (Wildman–Crippen MR) is 90.4 cm³/mol. The summed E-state index contributed by atoms with van der Waals surface area (Å²) < 4.78 is 38.1. The Bertz CT molecular complexity index is 836. The van der Waals surface area contributed by atoms with Gasteiger partial charge in [-0.3, -0.25) is 0 Å². The van der Waals surface area contributed by atoms with Crippen LogP contribution in [0.25, 0.3) is 11.5 Å². The molecule has 1 aliphatic carbocycles. The first-order valence-corrected chi connectivity index (χ1v) is 10.4. The molecule has 25 heavy (non-hydrogen) atoms. The quantitative estimate of drug-likeness (QED) is 0.825. The summed E-state index contributed by atoms with van der Waals surface area (Å²) in [5.74, 6) is 1.65. The molecule has 1 aliphatic heterocycles. The third-order valence-corrected chi connectivity index (χ3v) is 6.92. The van der Waals surface area contributed by atoms with Gasteiger partial charge in [-0.2, -0.15) is 4.31 Å². The summed E-state index contributed by atoms with van der Waals surface area (Å²) in [6, 6.07) is 1.49. The highest BCUT2D eigenvalue weighted by molar-refractivity contribution is 7.89. The molecule has 0 amide bonds. The van der Waals surface area contributed by atoms with Crippen molar-refractivity contribution in [3.8, 4) is 11.5 Å². The van der Waals surface area contributed by atoms with Gasteiger partial charge in [-0.25, -0.2) is 8.42 Å². The molecule has 1 saturated heterocycles. The smallest absolute Gasteiger partial charge is 0.276 e. The third-order valence-electron chi connectivity index (χ3n) is 5.18. The Labute approximate surface area is 147 Å². The fraction of sp³-hybridized carbons (Fsp3) is 0.647. The second-order valence-corrected chi connectivity index (χ2v) is 9.06. The predicted octanol–water partition coefficient (Wildman–Crippen LogP) is 3.41. The molecule has 0 N–H and O–H groups in total. The van der Waals surface area contributed by atoms with Gasteiger partial charge in [0.25, 0.3) is 15.9 Å². The van der Waals surface area contributed by atoms with E-state index < -0.39 is 10.0 Å². The van der Waals surface area contributed by atoms with Crippen LogP contribution in [0.4, 0.5) is 0 Å². The number of rotatable bonds is 4. The van der Waals surface area contributed by atoms with Crippen molar-refractivity contribution in [3.05, 3.63) is 18.2 Å². The van der Waals surface area contributed by atoms with Gasteiger partial charge in [0.1, 0.15) is 6.26 Å². The molecule has 8 heteroatoms. The average Bonchev–Trinajstić information content (AvgIpc) is 3.33. The molecule has 136 valence electrons. The molecule has 4 rings (SSSR count). The molecule has 2 fully saturated rings. The van der Waals surface area contributed by atoms with Gasteiger partial charge in [0, 0.05) is 25.1 Å². The lowest BCUT2D eigenvalue weighted by Gasteiger charge is -2.28. The van der Waals surface area contributed by atoms with Crippen LogP contribution in [0.5, 0.6) is 0 Å². The summed E-state index contributed by atoms with van der Waals surface area (Å²) in [6.07, 6.45) is 7.82. The highest BCUT2D eigenvalue weighted by Crippen LogP contribution is 2.35. The van der Waals surface area contributed by atoms with Crippen LogP contribution in [0.3, 0.4) is 0 Å². The molecule has 1 atom stereocenters. The average molecular weight is 365 g/mol. The number of hydrogen-bond acceptors (Lipinski definition) is 6. The van der Waals surface area contributed by atoms with Gasteiger partial charge < -0.3 is 8.83 Å². The highest BCUT2D eigenvalue weighted by Gasteiger charge is 2.32. The van der Waals surface area contributed by atoms with Gasteiger partial charge in [-0.05, 0) is 31.6 Å². The van der Waals surface area contributed by atoms with E-state index in [2.05, 4.69) is 17.1 Å². The maximum absolute atomic E-state index is 12.8. The number of hydrogen-bond donors (Lipinski definition) is 0. The van der Waals surface area contributed by atoms with Crippen molar-refractivity contribution in [3.63, 3.8) is 0 Å². The van der Waals surface area contributed by atoms with Crippen LogP contribution in [0.15, 0.2) is 26.3 Å². The maximum atomic E-state index is 12.8. The molecule has 2 aromatic rings. The minimum absolute atomic E-state index is 0.0581. The summed E-state index contributed by atoms with van der Waals surface area (Å²) in [5, 5.41) is 8.14. The Kier molecular flexibility index (Phi) is 4.41.